The Morgan fingerprint density at radius 2 is 1.84 bits per heavy atom. The van der Waals surface area contributed by atoms with Crippen LogP contribution in [0.3, 0.4) is 0 Å². The van der Waals surface area contributed by atoms with E-state index >= 15 is 0 Å². The third-order valence-corrected chi connectivity index (χ3v) is 6.91. The maximum Gasteiger partial charge on any atom is 0.0448 e. The second kappa shape index (κ2) is 4.89. The van der Waals surface area contributed by atoms with Gasteiger partial charge >= 0.3 is 0 Å². The Labute approximate surface area is 120 Å². The quantitative estimate of drug-likeness (QED) is 0.855. The molecule has 1 nitrogen and oxygen atoms in total. The molecule has 0 saturated heterocycles. The standard InChI is InChI=1S/C17H25NS/c1-2-18-17(15-4-3-5-19-15)16-13-7-11-6-12(9-13)10-14(16)8-11/h3-5,11-14,16-18H,2,6-10H2,1H3. The third-order valence-electron chi connectivity index (χ3n) is 5.96. The van der Waals surface area contributed by atoms with Gasteiger partial charge in [0.25, 0.3) is 0 Å². The Morgan fingerprint density at radius 3 is 2.37 bits per heavy atom. The molecule has 4 saturated carbocycles. The van der Waals surface area contributed by atoms with E-state index in [9.17, 15) is 0 Å². The molecule has 4 fully saturated rings. The SMILES string of the molecule is CCNC(c1cccs1)C1C2CC3CC(C2)CC1C3. The summed E-state index contributed by atoms with van der Waals surface area (Å²) in [6, 6.07) is 5.21. The van der Waals surface area contributed by atoms with Crippen LogP contribution in [0.15, 0.2) is 17.5 Å². The van der Waals surface area contributed by atoms with E-state index in [2.05, 4.69) is 29.8 Å². The van der Waals surface area contributed by atoms with E-state index in [0.717, 1.165) is 36.1 Å². The Morgan fingerprint density at radius 1 is 1.16 bits per heavy atom. The molecule has 1 aromatic rings. The van der Waals surface area contributed by atoms with Gasteiger partial charge in [0.15, 0.2) is 0 Å². The van der Waals surface area contributed by atoms with Gasteiger partial charge in [0.1, 0.15) is 0 Å². The lowest BCUT2D eigenvalue weighted by atomic mass is 9.50. The van der Waals surface area contributed by atoms with Crippen molar-refractivity contribution in [2.45, 2.75) is 45.1 Å². The van der Waals surface area contributed by atoms with Crippen LogP contribution in [0.25, 0.3) is 0 Å². The highest BCUT2D eigenvalue weighted by molar-refractivity contribution is 7.10. The molecule has 1 heterocycles. The van der Waals surface area contributed by atoms with E-state index in [-0.39, 0.29) is 0 Å². The summed E-state index contributed by atoms with van der Waals surface area (Å²) in [5.41, 5.74) is 0. The van der Waals surface area contributed by atoms with E-state index < -0.39 is 0 Å². The van der Waals surface area contributed by atoms with Gasteiger partial charge < -0.3 is 5.32 Å². The van der Waals surface area contributed by atoms with E-state index in [0.29, 0.717) is 6.04 Å². The molecule has 19 heavy (non-hydrogen) atoms. The van der Waals surface area contributed by atoms with Crippen LogP contribution in [-0.2, 0) is 0 Å². The average Bonchev–Trinajstić information content (AvgIpc) is 2.89. The van der Waals surface area contributed by atoms with Crippen molar-refractivity contribution in [1.29, 1.82) is 0 Å². The fourth-order valence-corrected chi connectivity index (χ4v) is 6.48. The molecule has 1 atom stereocenters. The van der Waals surface area contributed by atoms with Crippen molar-refractivity contribution < 1.29 is 0 Å². The lowest BCUT2D eigenvalue weighted by Gasteiger charge is -2.56. The highest BCUT2D eigenvalue weighted by Crippen LogP contribution is 2.59. The van der Waals surface area contributed by atoms with E-state index in [1.807, 2.05) is 11.3 Å². The van der Waals surface area contributed by atoms with Crippen LogP contribution < -0.4 is 5.32 Å². The molecule has 0 aromatic carbocycles. The summed E-state index contributed by atoms with van der Waals surface area (Å²) in [4.78, 5) is 1.58. The predicted molar refractivity (Wildman–Crippen MR) is 81.3 cm³/mol. The minimum absolute atomic E-state index is 0.639. The fraction of sp³-hybridized carbons (Fsp3) is 0.765. The topological polar surface area (TPSA) is 12.0 Å². The minimum atomic E-state index is 0.639. The molecule has 0 spiro atoms. The van der Waals surface area contributed by atoms with Crippen LogP contribution >= 0.6 is 11.3 Å². The monoisotopic (exact) mass is 275 g/mol. The van der Waals surface area contributed by atoms with Crippen LogP contribution in [0.2, 0.25) is 0 Å². The van der Waals surface area contributed by atoms with Gasteiger partial charge in [-0.1, -0.05) is 13.0 Å². The Balaban J connectivity index is 1.62. The zero-order chi connectivity index (χ0) is 12.8. The number of thiophene rings is 1. The van der Waals surface area contributed by atoms with Gasteiger partial charge in [-0.2, -0.15) is 0 Å². The molecular weight excluding hydrogens is 250 g/mol. The van der Waals surface area contributed by atoms with E-state index in [4.69, 9.17) is 0 Å². The fourth-order valence-electron chi connectivity index (χ4n) is 5.63. The van der Waals surface area contributed by atoms with Crippen molar-refractivity contribution >= 4 is 11.3 Å². The van der Waals surface area contributed by atoms with Crippen molar-refractivity contribution in [3.8, 4) is 0 Å². The molecule has 0 aliphatic heterocycles. The first-order chi connectivity index (χ1) is 9.35. The normalized spacial score (nSPS) is 41.6. The summed E-state index contributed by atoms with van der Waals surface area (Å²) in [5, 5.41) is 6.07. The van der Waals surface area contributed by atoms with Gasteiger partial charge in [0, 0.05) is 10.9 Å². The van der Waals surface area contributed by atoms with Crippen LogP contribution in [0, 0.1) is 29.6 Å². The number of rotatable bonds is 4. The summed E-state index contributed by atoms with van der Waals surface area (Å²) in [5.74, 6) is 5.13. The van der Waals surface area contributed by atoms with Crippen molar-refractivity contribution in [2.75, 3.05) is 6.54 Å². The van der Waals surface area contributed by atoms with Crippen molar-refractivity contribution in [2.24, 2.45) is 29.6 Å². The molecule has 4 aliphatic rings. The van der Waals surface area contributed by atoms with Crippen LogP contribution in [0.1, 0.15) is 49.9 Å². The first kappa shape index (κ1) is 12.4. The number of nitrogens with one attached hydrogen (secondary N) is 1. The summed E-state index contributed by atoms with van der Waals surface area (Å²) in [6.07, 6.45) is 7.69. The lowest BCUT2D eigenvalue weighted by Crippen LogP contribution is -2.49. The lowest BCUT2D eigenvalue weighted by molar-refractivity contribution is -0.0518. The predicted octanol–water partition coefficient (Wildman–Crippen LogP) is 4.47. The number of hydrogen-bond donors (Lipinski definition) is 1. The Bertz CT molecular complexity index is 396. The van der Waals surface area contributed by atoms with Gasteiger partial charge in [-0.3, -0.25) is 0 Å². The largest absolute Gasteiger partial charge is 0.309 e. The minimum Gasteiger partial charge on any atom is -0.309 e. The molecule has 2 heteroatoms. The van der Waals surface area contributed by atoms with Gasteiger partial charge in [0.2, 0.25) is 0 Å². The molecule has 1 N–H and O–H groups in total. The van der Waals surface area contributed by atoms with Crippen molar-refractivity contribution in [3.05, 3.63) is 22.4 Å². The maximum atomic E-state index is 3.82. The molecule has 1 unspecified atom stereocenters. The van der Waals surface area contributed by atoms with Crippen molar-refractivity contribution in [1.82, 2.24) is 5.32 Å². The summed E-state index contributed by atoms with van der Waals surface area (Å²) >= 11 is 1.95. The second-order valence-corrected chi connectivity index (χ2v) is 8.04. The average molecular weight is 275 g/mol. The Hall–Kier alpha value is -0.340. The van der Waals surface area contributed by atoms with E-state index in [1.54, 1.807) is 11.3 Å². The molecule has 4 aliphatic carbocycles. The van der Waals surface area contributed by atoms with Crippen LogP contribution in [-0.4, -0.2) is 6.54 Å². The second-order valence-electron chi connectivity index (χ2n) is 7.06. The Kier molecular flexibility index (Phi) is 3.19. The van der Waals surface area contributed by atoms with Gasteiger partial charge in [0.05, 0.1) is 0 Å². The summed E-state index contributed by atoms with van der Waals surface area (Å²) in [7, 11) is 0. The van der Waals surface area contributed by atoms with Gasteiger partial charge in [-0.05, 0) is 79.7 Å². The first-order valence-corrected chi connectivity index (χ1v) is 9.00. The molecule has 1 aromatic heterocycles. The highest BCUT2D eigenvalue weighted by atomic mass is 32.1. The zero-order valence-corrected chi connectivity index (χ0v) is 12.7. The van der Waals surface area contributed by atoms with Crippen LogP contribution in [0.4, 0.5) is 0 Å². The molecule has 104 valence electrons. The molecule has 0 amide bonds. The number of hydrogen-bond acceptors (Lipinski definition) is 2. The summed E-state index contributed by atoms with van der Waals surface area (Å²) < 4.78 is 0. The maximum absolute atomic E-state index is 3.82. The molecule has 4 bridgehead atoms. The zero-order valence-electron chi connectivity index (χ0n) is 11.8. The first-order valence-electron chi connectivity index (χ1n) is 8.12. The van der Waals surface area contributed by atoms with E-state index in [1.165, 1.54) is 25.7 Å². The van der Waals surface area contributed by atoms with Gasteiger partial charge in [-0.25, -0.2) is 0 Å². The molecular formula is C17H25NS. The highest BCUT2D eigenvalue weighted by Gasteiger charge is 2.50. The third kappa shape index (κ3) is 2.08. The van der Waals surface area contributed by atoms with Gasteiger partial charge in [-0.15, -0.1) is 11.3 Å². The smallest absolute Gasteiger partial charge is 0.0448 e. The molecule has 0 radical (unpaired) electrons. The van der Waals surface area contributed by atoms with Crippen molar-refractivity contribution in [3.63, 3.8) is 0 Å². The summed E-state index contributed by atoms with van der Waals surface area (Å²) in [6.45, 7) is 3.36. The molecule has 5 rings (SSSR count). The van der Waals surface area contributed by atoms with Crippen LogP contribution in [0.5, 0.6) is 0 Å².